The summed E-state index contributed by atoms with van der Waals surface area (Å²) in [6, 6.07) is 16.1. The van der Waals surface area contributed by atoms with Gasteiger partial charge in [-0.1, -0.05) is 30.3 Å². The first-order valence-corrected chi connectivity index (χ1v) is 9.23. The van der Waals surface area contributed by atoms with Crippen LogP contribution in [0.25, 0.3) is 11.5 Å². The molecular weight excluding hydrogens is 372 g/mol. The van der Waals surface area contributed by atoms with E-state index in [0.717, 1.165) is 10.5 Å². The minimum Gasteiger partial charge on any atom is -0.421 e. The zero-order valence-electron chi connectivity index (χ0n) is 15.5. The quantitative estimate of drug-likeness (QED) is 0.619. The van der Waals surface area contributed by atoms with Gasteiger partial charge in [-0.2, -0.15) is 0 Å². The van der Waals surface area contributed by atoms with Crippen molar-refractivity contribution >= 4 is 17.7 Å². The van der Waals surface area contributed by atoms with E-state index in [1.165, 1.54) is 0 Å². The molecule has 8 heteroatoms. The summed E-state index contributed by atoms with van der Waals surface area (Å²) in [5.41, 5.74) is 1.59. The first-order chi connectivity index (χ1) is 14.1. The molecule has 1 aliphatic heterocycles. The number of hydrogen-bond donors (Lipinski definition) is 1. The van der Waals surface area contributed by atoms with E-state index in [9.17, 15) is 14.4 Å². The van der Waals surface area contributed by atoms with Crippen LogP contribution >= 0.6 is 0 Å². The zero-order valence-corrected chi connectivity index (χ0v) is 15.5. The van der Waals surface area contributed by atoms with Crippen molar-refractivity contribution in [2.24, 2.45) is 0 Å². The van der Waals surface area contributed by atoms with Crippen LogP contribution < -0.4 is 5.32 Å². The van der Waals surface area contributed by atoms with E-state index in [0.29, 0.717) is 35.9 Å². The van der Waals surface area contributed by atoms with Crippen LogP contribution in [0.4, 0.5) is 0 Å². The number of fused-ring (bicyclic) bond motifs is 1. The molecule has 29 heavy (non-hydrogen) atoms. The average molecular weight is 390 g/mol. The SMILES string of the molecule is O=C(CCN1C(=O)c2ccccc2C1=O)NCCc1nnc(-c2ccccc2)o1. The Labute approximate surface area is 166 Å². The summed E-state index contributed by atoms with van der Waals surface area (Å²) in [6.45, 7) is 0.355. The number of nitrogens with one attached hydrogen (secondary N) is 1. The molecule has 2 aromatic carbocycles. The van der Waals surface area contributed by atoms with Gasteiger partial charge in [0, 0.05) is 31.5 Å². The fraction of sp³-hybridized carbons (Fsp3) is 0.190. The number of rotatable bonds is 7. The molecule has 0 fully saturated rings. The maximum Gasteiger partial charge on any atom is 0.261 e. The van der Waals surface area contributed by atoms with E-state index in [2.05, 4.69) is 15.5 Å². The lowest BCUT2D eigenvalue weighted by molar-refractivity contribution is -0.121. The van der Waals surface area contributed by atoms with Crippen molar-refractivity contribution in [3.05, 3.63) is 71.6 Å². The number of imide groups is 1. The molecule has 4 rings (SSSR count). The third kappa shape index (κ3) is 3.91. The largest absolute Gasteiger partial charge is 0.421 e. The highest BCUT2D eigenvalue weighted by Crippen LogP contribution is 2.22. The Hall–Kier alpha value is -3.81. The van der Waals surface area contributed by atoms with E-state index in [-0.39, 0.29) is 30.7 Å². The third-order valence-electron chi connectivity index (χ3n) is 4.59. The number of aromatic nitrogens is 2. The van der Waals surface area contributed by atoms with E-state index in [4.69, 9.17) is 4.42 Å². The summed E-state index contributed by atoms with van der Waals surface area (Å²) in [6.07, 6.45) is 0.420. The van der Waals surface area contributed by atoms with Gasteiger partial charge in [0.15, 0.2) is 0 Å². The maximum absolute atomic E-state index is 12.3. The van der Waals surface area contributed by atoms with Crippen LogP contribution in [0, 0.1) is 0 Å². The van der Waals surface area contributed by atoms with E-state index in [1.807, 2.05) is 30.3 Å². The second kappa shape index (κ2) is 8.05. The van der Waals surface area contributed by atoms with Gasteiger partial charge >= 0.3 is 0 Å². The number of hydrogen-bond acceptors (Lipinski definition) is 6. The summed E-state index contributed by atoms with van der Waals surface area (Å²) >= 11 is 0. The first kappa shape index (κ1) is 18.5. The number of carbonyl (C=O) groups is 3. The lowest BCUT2D eigenvalue weighted by atomic mass is 10.1. The Balaban J connectivity index is 1.24. The monoisotopic (exact) mass is 390 g/mol. The predicted octanol–water partition coefficient (Wildman–Crippen LogP) is 2.08. The average Bonchev–Trinajstić information content (AvgIpc) is 3.31. The molecule has 0 radical (unpaired) electrons. The fourth-order valence-corrected chi connectivity index (χ4v) is 3.10. The van der Waals surface area contributed by atoms with Gasteiger partial charge in [0.25, 0.3) is 11.8 Å². The lowest BCUT2D eigenvalue weighted by Gasteiger charge is -2.13. The molecule has 1 N–H and O–H groups in total. The number of nitrogens with zero attached hydrogens (tertiary/aromatic N) is 3. The zero-order chi connectivity index (χ0) is 20.2. The molecule has 146 valence electrons. The van der Waals surface area contributed by atoms with Crippen molar-refractivity contribution < 1.29 is 18.8 Å². The summed E-state index contributed by atoms with van der Waals surface area (Å²) in [5, 5.41) is 10.7. The maximum atomic E-state index is 12.3. The Morgan fingerprint density at radius 3 is 2.28 bits per heavy atom. The molecule has 0 saturated carbocycles. The van der Waals surface area contributed by atoms with Crippen LogP contribution in [0.5, 0.6) is 0 Å². The van der Waals surface area contributed by atoms with Gasteiger partial charge in [0.1, 0.15) is 0 Å². The molecule has 0 atom stereocenters. The molecule has 0 bridgehead atoms. The minimum atomic E-state index is -0.363. The van der Waals surface area contributed by atoms with Gasteiger partial charge < -0.3 is 9.73 Å². The molecule has 1 aromatic heterocycles. The Morgan fingerprint density at radius 1 is 0.931 bits per heavy atom. The number of benzene rings is 2. The summed E-state index contributed by atoms with van der Waals surface area (Å²) in [7, 11) is 0. The van der Waals surface area contributed by atoms with Crippen LogP contribution in [0.2, 0.25) is 0 Å². The van der Waals surface area contributed by atoms with E-state index >= 15 is 0 Å². The standard InChI is InChI=1S/C21H18N4O4/c26-17(11-13-25-20(27)15-8-4-5-9-16(15)21(25)28)22-12-10-18-23-24-19(29-18)14-6-2-1-3-7-14/h1-9H,10-13H2,(H,22,26). The molecule has 0 aliphatic carbocycles. The van der Waals surface area contributed by atoms with Crippen molar-refractivity contribution in [3.8, 4) is 11.5 Å². The van der Waals surface area contributed by atoms with Gasteiger partial charge in [0.05, 0.1) is 11.1 Å². The molecule has 1 aliphatic rings. The van der Waals surface area contributed by atoms with Crippen LogP contribution in [0.3, 0.4) is 0 Å². The van der Waals surface area contributed by atoms with E-state index < -0.39 is 0 Å². The molecule has 3 amide bonds. The van der Waals surface area contributed by atoms with Crippen molar-refractivity contribution in [2.75, 3.05) is 13.1 Å². The summed E-state index contributed by atoms with van der Waals surface area (Å²) < 4.78 is 5.59. The fourth-order valence-electron chi connectivity index (χ4n) is 3.10. The molecule has 0 saturated heterocycles. The first-order valence-electron chi connectivity index (χ1n) is 9.23. The second-order valence-corrected chi connectivity index (χ2v) is 6.52. The van der Waals surface area contributed by atoms with Gasteiger partial charge in [-0.3, -0.25) is 19.3 Å². The summed E-state index contributed by atoms with van der Waals surface area (Å²) in [4.78, 5) is 37.7. The Bertz CT molecular complexity index is 1030. The third-order valence-corrected chi connectivity index (χ3v) is 4.59. The predicted molar refractivity (Wildman–Crippen MR) is 103 cm³/mol. The molecular formula is C21H18N4O4. The molecule has 8 nitrogen and oxygen atoms in total. The smallest absolute Gasteiger partial charge is 0.261 e. The van der Waals surface area contributed by atoms with Crippen LogP contribution in [-0.2, 0) is 11.2 Å². The van der Waals surface area contributed by atoms with Gasteiger partial charge in [-0.05, 0) is 24.3 Å². The van der Waals surface area contributed by atoms with E-state index in [1.54, 1.807) is 24.3 Å². The second-order valence-electron chi connectivity index (χ2n) is 6.52. The van der Waals surface area contributed by atoms with Gasteiger partial charge in [-0.15, -0.1) is 10.2 Å². The van der Waals surface area contributed by atoms with Crippen molar-refractivity contribution in [1.29, 1.82) is 0 Å². The topological polar surface area (TPSA) is 105 Å². The number of carbonyl (C=O) groups excluding carboxylic acids is 3. The van der Waals surface area contributed by atoms with Crippen LogP contribution in [0.15, 0.2) is 59.0 Å². The number of amides is 3. The van der Waals surface area contributed by atoms with Crippen molar-refractivity contribution in [2.45, 2.75) is 12.8 Å². The molecule has 3 aromatic rings. The van der Waals surface area contributed by atoms with Crippen LogP contribution in [-0.4, -0.2) is 45.9 Å². The molecule has 2 heterocycles. The highest BCUT2D eigenvalue weighted by Gasteiger charge is 2.34. The Morgan fingerprint density at radius 2 is 1.59 bits per heavy atom. The summed E-state index contributed by atoms with van der Waals surface area (Å²) in [5.74, 6) is -0.137. The normalized spacial score (nSPS) is 12.9. The molecule has 0 unspecified atom stereocenters. The minimum absolute atomic E-state index is 0.0323. The van der Waals surface area contributed by atoms with Gasteiger partial charge in [-0.25, -0.2) is 0 Å². The van der Waals surface area contributed by atoms with Crippen molar-refractivity contribution in [3.63, 3.8) is 0 Å². The highest BCUT2D eigenvalue weighted by atomic mass is 16.4. The van der Waals surface area contributed by atoms with Gasteiger partial charge in [0.2, 0.25) is 17.7 Å². The highest BCUT2D eigenvalue weighted by molar-refractivity contribution is 6.21. The Kier molecular flexibility index (Phi) is 5.15. The van der Waals surface area contributed by atoms with Crippen LogP contribution in [0.1, 0.15) is 33.0 Å². The lowest BCUT2D eigenvalue weighted by Crippen LogP contribution is -2.35. The molecule has 0 spiro atoms. The van der Waals surface area contributed by atoms with Crippen molar-refractivity contribution in [1.82, 2.24) is 20.4 Å².